The summed E-state index contributed by atoms with van der Waals surface area (Å²) < 4.78 is 40.1. The molecule has 0 saturated carbocycles. The van der Waals surface area contributed by atoms with E-state index in [4.69, 9.17) is 0 Å². The highest BCUT2D eigenvalue weighted by atomic mass is 19.4. The van der Waals surface area contributed by atoms with E-state index in [1.165, 1.54) is 6.20 Å². The van der Waals surface area contributed by atoms with E-state index in [1.54, 1.807) is 24.3 Å². The number of fused-ring (bicyclic) bond motifs is 1. The first-order chi connectivity index (χ1) is 7.54. The predicted octanol–water partition coefficient (Wildman–Crippen LogP) is 2.57. The minimum absolute atomic E-state index is 0.268. The van der Waals surface area contributed by atoms with Crippen molar-refractivity contribution in [1.82, 2.24) is 9.97 Å². The number of rotatable bonds is 2. The molecule has 0 aliphatic carbocycles. The first-order valence-corrected chi connectivity index (χ1v) is 4.46. The van der Waals surface area contributed by atoms with Crippen molar-refractivity contribution in [2.45, 2.75) is 6.18 Å². The topological polar surface area (TPSA) is 35.0 Å². The number of aromatic nitrogens is 2. The van der Waals surface area contributed by atoms with Crippen molar-refractivity contribution in [3.63, 3.8) is 0 Å². The average molecular weight is 228 g/mol. The molecule has 0 aliphatic rings. The molecule has 1 aromatic heterocycles. The van der Waals surface area contributed by atoms with Crippen molar-refractivity contribution in [1.29, 1.82) is 0 Å². The van der Waals surface area contributed by atoms with Crippen LogP contribution in [0.25, 0.3) is 10.9 Å². The van der Waals surface area contributed by atoms with Gasteiger partial charge in [0.1, 0.15) is 0 Å². The minimum Gasteiger partial charge on any atom is -0.454 e. The number of benzene rings is 1. The summed E-state index contributed by atoms with van der Waals surface area (Å²) in [5, 5.41) is 0.752. The summed E-state index contributed by atoms with van der Waals surface area (Å²) in [5.74, 6) is 0. The summed E-state index contributed by atoms with van der Waals surface area (Å²) >= 11 is 0. The zero-order valence-corrected chi connectivity index (χ0v) is 8.03. The number of nitrogens with zero attached hydrogens (tertiary/aromatic N) is 2. The predicted molar refractivity (Wildman–Crippen MR) is 51.1 cm³/mol. The van der Waals surface area contributed by atoms with Crippen LogP contribution in [0.4, 0.5) is 13.2 Å². The summed E-state index contributed by atoms with van der Waals surface area (Å²) in [6.45, 7) is -1.38. The minimum atomic E-state index is -4.38. The smallest absolute Gasteiger partial charge is 0.422 e. The Morgan fingerprint density at radius 1 is 1.19 bits per heavy atom. The number of halogens is 3. The molecule has 3 nitrogen and oxygen atoms in total. The summed E-state index contributed by atoms with van der Waals surface area (Å²) in [6.07, 6.45) is -2.96. The first-order valence-electron chi connectivity index (χ1n) is 4.46. The molecule has 1 aromatic carbocycles. The van der Waals surface area contributed by atoms with Gasteiger partial charge in [0.2, 0.25) is 0 Å². The molecule has 0 amide bonds. The molecule has 6 heteroatoms. The van der Waals surface area contributed by atoms with E-state index in [2.05, 4.69) is 14.7 Å². The van der Waals surface area contributed by atoms with Gasteiger partial charge in [-0.2, -0.15) is 18.2 Å². The maximum absolute atomic E-state index is 11.9. The van der Waals surface area contributed by atoms with Crippen LogP contribution in [0.2, 0.25) is 0 Å². The van der Waals surface area contributed by atoms with Gasteiger partial charge in [-0.3, -0.25) is 0 Å². The fourth-order valence-electron chi connectivity index (χ4n) is 1.17. The van der Waals surface area contributed by atoms with E-state index in [0.717, 1.165) is 5.39 Å². The molecule has 0 atom stereocenters. The van der Waals surface area contributed by atoms with Crippen molar-refractivity contribution < 1.29 is 17.9 Å². The molecular weight excluding hydrogens is 221 g/mol. The van der Waals surface area contributed by atoms with Gasteiger partial charge in [-0.05, 0) is 6.07 Å². The van der Waals surface area contributed by atoms with Crippen LogP contribution in [0, 0.1) is 0 Å². The van der Waals surface area contributed by atoms with Crippen LogP contribution in [-0.4, -0.2) is 22.8 Å². The first kappa shape index (κ1) is 10.7. The van der Waals surface area contributed by atoms with Gasteiger partial charge in [0.25, 0.3) is 0 Å². The van der Waals surface area contributed by atoms with Gasteiger partial charge in [0.15, 0.2) is 6.61 Å². The Balaban J connectivity index is 2.20. The lowest BCUT2D eigenvalue weighted by atomic mass is 10.2. The molecule has 0 N–H and O–H groups in total. The van der Waals surface area contributed by atoms with Crippen LogP contribution < -0.4 is 4.74 Å². The molecule has 0 fully saturated rings. The van der Waals surface area contributed by atoms with Gasteiger partial charge >= 0.3 is 12.2 Å². The van der Waals surface area contributed by atoms with Crippen LogP contribution in [0.5, 0.6) is 6.01 Å². The van der Waals surface area contributed by atoms with Crippen LogP contribution >= 0.6 is 0 Å². The highest BCUT2D eigenvalue weighted by Gasteiger charge is 2.28. The van der Waals surface area contributed by atoms with Crippen molar-refractivity contribution in [3.05, 3.63) is 30.5 Å². The van der Waals surface area contributed by atoms with Gasteiger partial charge < -0.3 is 4.74 Å². The SMILES string of the molecule is FC(F)(F)COc1ncc2ccccc2n1. The summed E-state index contributed by atoms with van der Waals surface area (Å²) in [5.41, 5.74) is 0.551. The summed E-state index contributed by atoms with van der Waals surface area (Å²) in [7, 11) is 0. The Morgan fingerprint density at radius 2 is 1.94 bits per heavy atom. The molecule has 0 radical (unpaired) electrons. The van der Waals surface area contributed by atoms with Crippen LogP contribution in [0.15, 0.2) is 30.5 Å². The van der Waals surface area contributed by atoms with Gasteiger partial charge in [-0.1, -0.05) is 18.2 Å². The Bertz CT molecular complexity index is 499. The molecule has 0 spiro atoms. The Kier molecular flexibility index (Phi) is 2.64. The summed E-state index contributed by atoms with van der Waals surface area (Å²) in [4.78, 5) is 7.52. The highest BCUT2D eigenvalue weighted by molar-refractivity contribution is 5.77. The zero-order chi connectivity index (χ0) is 11.6. The van der Waals surface area contributed by atoms with E-state index in [1.807, 2.05) is 0 Å². The van der Waals surface area contributed by atoms with Gasteiger partial charge in [-0.15, -0.1) is 0 Å². The zero-order valence-electron chi connectivity index (χ0n) is 8.03. The molecule has 0 saturated heterocycles. The normalized spacial score (nSPS) is 11.7. The largest absolute Gasteiger partial charge is 0.454 e. The van der Waals surface area contributed by atoms with E-state index >= 15 is 0 Å². The monoisotopic (exact) mass is 228 g/mol. The van der Waals surface area contributed by atoms with E-state index in [0.29, 0.717) is 5.52 Å². The third-order valence-electron chi connectivity index (χ3n) is 1.83. The van der Waals surface area contributed by atoms with Gasteiger partial charge in [-0.25, -0.2) is 4.98 Å². The summed E-state index contributed by atoms with van der Waals surface area (Å²) in [6, 6.07) is 6.71. The molecule has 2 aromatic rings. The highest BCUT2D eigenvalue weighted by Crippen LogP contribution is 2.17. The lowest BCUT2D eigenvalue weighted by Crippen LogP contribution is -2.20. The van der Waals surface area contributed by atoms with E-state index < -0.39 is 12.8 Å². The molecule has 0 aliphatic heterocycles. The van der Waals surface area contributed by atoms with Crippen molar-refractivity contribution in [2.75, 3.05) is 6.61 Å². The maximum Gasteiger partial charge on any atom is 0.422 e. The second-order valence-corrected chi connectivity index (χ2v) is 3.12. The van der Waals surface area contributed by atoms with Gasteiger partial charge in [0.05, 0.1) is 5.52 Å². The number of hydrogen-bond donors (Lipinski definition) is 0. The van der Waals surface area contributed by atoms with Crippen molar-refractivity contribution in [3.8, 4) is 6.01 Å². The van der Waals surface area contributed by atoms with Crippen LogP contribution in [0.3, 0.4) is 0 Å². The second-order valence-electron chi connectivity index (χ2n) is 3.12. The molecular formula is C10H7F3N2O. The van der Waals surface area contributed by atoms with Crippen LogP contribution in [-0.2, 0) is 0 Å². The van der Waals surface area contributed by atoms with Crippen LogP contribution in [0.1, 0.15) is 0 Å². The Morgan fingerprint density at radius 3 is 2.69 bits per heavy atom. The van der Waals surface area contributed by atoms with Crippen molar-refractivity contribution >= 4 is 10.9 Å². The van der Waals surface area contributed by atoms with E-state index in [9.17, 15) is 13.2 Å². The third-order valence-corrected chi connectivity index (χ3v) is 1.83. The number of alkyl halides is 3. The maximum atomic E-state index is 11.9. The molecule has 0 unspecified atom stereocenters. The molecule has 16 heavy (non-hydrogen) atoms. The lowest BCUT2D eigenvalue weighted by Gasteiger charge is -2.07. The fraction of sp³-hybridized carbons (Fsp3) is 0.200. The number of hydrogen-bond acceptors (Lipinski definition) is 3. The Labute approximate surface area is 88.9 Å². The Hall–Kier alpha value is -1.85. The molecule has 84 valence electrons. The van der Waals surface area contributed by atoms with Gasteiger partial charge in [0, 0.05) is 11.6 Å². The third kappa shape index (κ3) is 2.59. The average Bonchev–Trinajstić information content (AvgIpc) is 2.25. The molecule has 1 heterocycles. The van der Waals surface area contributed by atoms with Crippen molar-refractivity contribution in [2.24, 2.45) is 0 Å². The molecule has 2 rings (SSSR count). The number of ether oxygens (including phenoxy) is 1. The second kappa shape index (κ2) is 3.96. The number of para-hydroxylation sites is 1. The quantitative estimate of drug-likeness (QED) is 0.792. The van der Waals surface area contributed by atoms with E-state index in [-0.39, 0.29) is 6.01 Å². The molecule has 0 bridgehead atoms. The standard InChI is InChI=1S/C10H7F3N2O/c11-10(12,13)6-16-9-14-5-7-3-1-2-4-8(7)15-9/h1-5H,6H2. The lowest BCUT2D eigenvalue weighted by molar-refractivity contribution is -0.154. The fourth-order valence-corrected chi connectivity index (χ4v) is 1.17.